The van der Waals surface area contributed by atoms with Gasteiger partial charge >= 0.3 is 6.03 Å². The van der Waals surface area contributed by atoms with Crippen LogP contribution >= 0.6 is 11.3 Å². The first-order valence-electron chi connectivity index (χ1n) is 8.16. The van der Waals surface area contributed by atoms with Crippen LogP contribution in [0.1, 0.15) is 16.6 Å². The van der Waals surface area contributed by atoms with Gasteiger partial charge in [0, 0.05) is 41.6 Å². The SMILES string of the molecule is COc1cccc(NC(=O)N2CCn3cccc3[C@H]2c2cccs2)c1. The Hall–Kier alpha value is -2.73. The van der Waals surface area contributed by atoms with Gasteiger partial charge in [0.1, 0.15) is 11.8 Å². The number of fused-ring (bicyclic) bond motifs is 1. The van der Waals surface area contributed by atoms with E-state index >= 15 is 0 Å². The minimum Gasteiger partial charge on any atom is -0.497 e. The molecule has 2 aromatic heterocycles. The number of carbonyl (C=O) groups is 1. The van der Waals surface area contributed by atoms with E-state index < -0.39 is 0 Å². The minimum absolute atomic E-state index is 0.0608. The molecule has 6 heteroatoms. The third kappa shape index (κ3) is 3.00. The molecule has 1 atom stereocenters. The lowest BCUT2D eigenvalue weighted by molar-refractivity contribution is 0.183. The number of hydrogen-bond acceptors (Lipinski definition) is 3. The second-order valence-corrected chi connectivity index (χ2v) is 6.88. The molecule has 0 spiro atoms. The largest absolute Gasteiger partial charge is 0.497 e. The number of methoxy groups -OCH3 is 1. The summed E-state index contributed by atoms with van der Waals surface area (Å²) in [5.74, 6) is 0.722. The number of aromatic nitrogens is 1. The van der Waals surface area contributed by atoms with Gasteiger partial charge in [-0.25, -0.2) is 4.79 Å². The van der Waals surface area contributed by atoms with Gasteiger partial charge in [-0.15, -0.1) is 11.3 Å². The third-order valence-corrected chi connectivity index (χ3v) is 5.36. The van der Waals surface area contributed by atoms with Crippen molar-refractivity contribution < 1.29 is 9.53 Å². The van der Waals surface area contributed by atoms with Crippen molar-refractivity contribution in [2.45, 2.75) is 12.6 Å². The molecule has 1 aromatic carbocycles. The highest BCUT2D eigenvalue weighted by atomic mass is 32.1. The number of amides is 2. The normalized spacial score (nSPS) is 16.4. The summed E-state index contributed by atoms with van der Waals surface area (Å²) >= 11 is 1.67. The molecule has 3 aromatic rings. The van der Waals surface area contributed by atoms with E-state index in [0.717, 1.165) is 23.7 Å². The van der Waals surface area contributed by atoms with E-state index in [9.17, 15) is 4.79 Å². The molecule has 5 nitrogen and oxygen atoms in total. The second kappa shape index (κ2) is 6.64. The molecule has 0 unspecified atom stereocenters. The quantitative estimate of drug-likeness (QED) is 0.767. The number of ether oxygens (including phenoxy) is 1. The molecule has 0 saturated carbocycles. The maximum Gasteiger partial charge on any atom is 0.322 e. The first-order valence-corrected chi connectivity index (χ1v) is 9.04. The molecule has 0 aliphatic carbocycles. The summed E-state index contributed by atoms with van der Waals surface area (Å²) in [6.07, 6.45) is 2.08. The maximum atomic E-state index is 13.0. The van der Waals surface area contributed by atoms with Crippen LogP contribution in [0.15, 0.2) is 60.1 Å². The first kappa shape index (κ1) is 15.8. The number of benzene rings is 1. The van der Waals surface area contributed by atoms with Crippen LogP contribution in [0, 0.1) is 0 Å². The number of anilines is 1. The second-order valence-electron chi connectivity index (χ2n) is 5.90. The van der Waals surface area contributed by atoms with Crippen LogP contribution in [0.2, 0.25) is 0 Å². The Labute approximate surface area is 150 Å². The Kier molecular flexibility index (Phi) is 4.19. The topological polar surface area (TPSA) is 46.5 Å². The zero-order chi connectivity index (χ0) is 17.2. The highest BCUT2D eigenvalue weighted by molar-refractivity contribution is 7.10. The molecule has 0 fully saturated rings. The predicted octanol–water partition coefficient (Wildman–Crippen LogP) is 4.20. The van der Waals surface area contributed by atoms with Crippen LogP contribution in [0.3, 0.4) is 0 Å². The van der Waals surface area contributed by atoms with Gasteiger partial charge in [-0.1, -0.05) is 12.1 Å². The molecule has 1 aliphatic rings. The molecule has 25 heavy (non-hydrogen) atoms. The lowest BCUT2D eigenvalue weighted by Crippen LogP contribution is -2.44. The molecule has 0 bridgehead atoms. The molecule has 4 rings (SSSR count). The van der Waals surface area contributed by atoms with Crippen LogP contribution in [-0.4, -0.2) is 29.2 Å². The Morgan fingerprint density at radius 2 is 2.12 bits per heavy atom. The lowest BCUT2D eigenvalue weighted by Gasteiger charge is -2.36. The molecular weight excluding hydrogens is 334 g/mol. The molecule has 3 heterocycles. The molecule has 2 amide bonds. The van der Waals surface area contributed by atoms with Gasteiger partial charge in [0.2, 0.25) is 0 Å². The van der Waals surface area contributed by atoms with Gasteiger partial charge in [0.15, 0.2) is 0 Å². The maximum absolute atomic E-state index is 13.0. The summed E-state index contributed by atoms with van der Waals surface area (Å²) in [4.78, 5) is 16.0. The van der Waals surface area contributed by atoms with E-state index in [1.54, 1.807) is 18.4 Å². The third-order valence-electron chi connectivity index (χ3n) is 4.43. The predicted molar refractivity (Wildman–Crippen MR) is 99.3 cm³/mol. The lowest BCUT2D eigenvalue weighted by atomic mass is 10.1. The van der Waals surface area contributed by atoms with Gasteiger partial charge in [0.05, 0.1) is 7.11 Å². The van der Waals surface area contributed by atoms with E-state index in [1.807, 2.05) is 41.3 Å². The number of nitrogens with one attached hydrogen (secondary N) is 1. The smallest absolute Gasteiger partial charge is 0.322 e. The Balaban J connectivity index is 1.62. The average molecular weight is 353 g/mol. The number of hydrogen-bond donors (Lipinski definition) is 1. The van der Waals surface area contributed by atoms with E-state index in [4.69, 9.17) is 4.74 Å². The van der Waals surface area contributed by atoms with Crippen molar-refractivity contribution in [3.8, 4) is 5.75 Å². The Morgan fingerprint density at radius 1 is 1.20 bits per heavy atom. The van der Waals surface area contributed by atoms with Gasteiger partial charge in [-0.2, -0.15) is 0 Å². The summed E-state index contributed by atoms with van der Waals surface area (Å²) in [7, 11) is 1.62. The van der Waals surface area contributed by atoms with Crippen molar-refractivity contribution >= 4 is 23.1 Å². The highest BCUT2D eigenvalue weighted by Gasteiger charge is 2.32. The number of carbonyl (C=O) groups excluding carboxylic acids is 1. The molecular formula is C19H19N3O2S. The van der Waals surface area contributed by atoms with Gasteiger partial charge in [0.25, 0.3) is 0 Å². The summed E-state index contributed by atoms with van der Waals surface area (Å²) in [5.41, 5.74) is 1.88. The first-order chi connectivity index (χ1) is 12.3. The fourth-order valence-corrected chi connectivity index (χ4v) is 4.09. The van der Waals surface area contributed by atoms with Crippen molar-refractivity contribution in [2.75, 3.05) is 19.0 Å². The molecule has 1 aliphatic heterocycles. The van der Waals surface area contributed by atoms with E-state index in [1.165, 1.54) is 4.88 Å². The zero-order valence-corrected chi connectivity index (χ0v) is 14.7. The summed E-state index contributed by atoms with van der Waals surface area (Å²) in [6.45, 7) is 1.47. The van der Waals surface area contributed by atoms with Crippen molar-refractivity contribution in [2.24, 2.45) is 0 Å². The van der Waals surface area contributed by atoms with Crippen LogP contribution in [0.4, 0.5) is 10.5 Å². The Morgan fingerprint density at radius 3 is 2.92 bits per heavy atom. The molecule has 1 N–H and O–H groups in total. The number of rotatable bonds is 3. The van der Waals surface area contributed by atoms with Crippen molar-refractivity contribution in [1.29, 1.82) is 0 Å². The highest BCUT2D eigenvalue weighted by Crippen LogP contribution is 2.35. The fraction of sp³-hybridized carbons (Fsp3) is 0.211. The van der Waals surface area contributed by atoms with Gasteiger partial charge in [-0.3, -0.25) is 0 Å². The van der Waals surface area contributed by atoms with E-state index in [0.29, 0.717) is 6.54 Å². The average Bonchev–Trinajstić information content (AvgIpc) is 3.32. The van der Waals surface area contributed by atoms with Gasteiger partial charge < -0.3 is 19.5 Å². The fourth-order valence-electron chi connectivity index (χ4n) is 3.24. The van der Waals surface area contributed by atoms with Crippen LogP contribution in [0.5, 0.6) is 5.75 Å². The molecule has 128 valence electrons. The zero-order valence-electron chi connectivity index (χ0n) is 13.9. The Bertz CT molecular complexity index is 872. The van der Waals surface area contributed by atoms with E-state index in [2.05, 4.69) is 33.6 Å². The molecule has 0 saturated heterocycles. The summed E-state index contributed by atoms with van der Waals surface area (Å²) in [6, 6.07) is 15.5. The van der Waals surface area contributed by atoms with Crippen molar-refractivity contribution in [3.63, 3.8) is 0 Å². The van der Waals surface area contributed by atoms with Crippen LogP contribution in [-0.2, 0) is 6.54 Å². The number of nitrogens with zero attached hydrogens (tertiary/aromatic N) is 2. The van der Waals surface area contributed by atoms with Crippen molar-refractivity contribution in [3.05, 3.63) is 70.7 Å². The van der Waals surface area contributed by atoms with E-state index in [-0.39, 0.29) is 12.1 Å². The minimum atomic E-state index is -0.0981. The van der Waals surface area contributed by atoms with Crippen LogP contribution in [0.25, 0.3) is 0 Å². The standard InChI is InChI=1S/C19H19N3O2S/c1-24-15-6-2-5-14(13-15)20-19(23)22-11-10-21-9-3-7-16(21)18(22)17-8-4-12-25-17/h2-9,12-13,18H,10-11H2,1H3,(H,20,23)/t18-/m0/s1. The monoisotopic (exact) mass is 353 g/mol. The molecule has 0 radical (unpaired) electrons. The number of thiophene rings is 1. The number of urea groups is 1. The van der Waals surface area contributed by atoms with Crippen LogP contribution < -0.4 is 10.1 Å². The van der Waals surface area contributed by atoms with Gasteiger partial charge in [-0.05, 0) is 35.7 Å². The summed E-state index contributed by atoms with van der Waals surface area (Å²) < 4.78 is 7.45. The van der Waals surface area contributed by atoms with Crippen molar-refractivity contribution in [1.82, 2.24) is 9.47 Å². The summed E-state index contributed by atoms with van der Waals surface area (Å²) in [5, 5.41) is 5.05.